The van der Waals surface area contributed by atoms with Gasteiger partial charge in [0.15, 0.2) is 0 Å². The van der Waals surface area contributed by atoms with Gasteiger partial charge in [0.1, 0.15) is 11.5 Å². The highest BCUT2D eigenvalue weighted by atomic mass is 16.5. The van der Waals surface area contributed by atoms with E-state index in [4.69, 9.17) is 4.74 Å². The minimum Gasteiger partial charge on any atom is -0.507 e. The van der Waals surface area contributed by atoms with Crippen molar-refractivity contribution in [3.05, 3.63) is 95.8 Å². The highest BCUT2D eigenvalue weighted by Crippen LogP contribution is 2.42. The maximum atomic E-state index is 13.1. The van der Waals surface area contributed by atoms with Crippen molar-refractivity contribution in [2.24, 2.45) is 0 Å². The summed E-state index contributed by atoms with van der Waals surface area (Å²) in [6.07, 6.45) is 4.04. The lowest BCUT2D eigenvalue weighted by Gasteiger charge is -2.25. The first-order chi connectivity index (χ1) is 15.1. The van der Waals surface area contributed by atoms with E-state index in [1.807, 2.05) is 13.0 Å². The molecule has 0 saturated carbocycles. The summed E-state index contributed by atoms with van der Waals surface area (Å²) in [6.45, 7) is 2.54. The lowest BCUT2D eigenvalue weighted by atomic mass is 9.95. The average Bonchev–Trinajstić information content (AvgIpc) is 3.09. The van der Waals surface area contributed by atoms with Gasteiger partial charge in [-0.3, -0.25) is 19.5 Å². The topological polar surface area (TPSA) is 79.7 Å². The highest BCUT2D eigenvalue weighted by Gasteiger charge is 2.46. The largest absolute Gasteiger partial charge is 0.507 e. The van der Waals surface area contributed by atoms with Crippen molar-refractivity contribution >= 4 is 23.1 Å². The fourth-order valence-corrected chi connectivity index (χ4v) is 3.66. The zero-order chi connectivity index (χ0) is 21.8. The normalized spacial score (nSPS) is 17.7. The number of amides is 1. The van der Waals surface area contributed by atoms with Gasteiger partial charge < -0.3 is 9.84 Å². The predicted octanol–water partition coefficient (Wildman–Crippen LogP) is 4.50. The number of aliphatic hydroxyl groups is 1. The maximum Gasteiger partial charge on any atom is 0.300 e. The average molecular weight is 414 g/mol. The van der Waals surface area contributed by atoms with Crippen molar-refractivity contribution in [1.82, 2.24) is 4.98 Å². The van der Waals surface area contributed by atoms with E-state index in [1.165, 1.54) is 4.90 Å². The minimum atomic E-state index is -0.773. The van der Waals surface area contributed by atoms with Crippen LogP contribution in [0.1, 0.15) is 30.5 Å². The molecular formula is C25H22N2O4. The number of ether oxygens (including phenoxy) is 1. The lowest BCUT2D eigenvalue weighted by molar-refractivity contribution is -0.132. The second-order valence-electron chi connectivity index (χ2n) is 7.16. The number of ketones is 1. The van der Waals surface area contributed by atoms with Crippen LogP contribution in [0.15, 0.2) is 84.7 Å². The summed E-state index contributed by atoms with van der Waals surface area (Å²) in [5, 5.41) is 11.2. The molecule has 6 heteroatoms. The van der Waals surface area contributed by atoms with E-state index < -0.39 is 17.7 Å². The van der Waals surface area contributed by atoms with Crippen molar-refractivity contribution in [2.75, 3.05) is 11.5 Å². The molecule has 0 radical (unpaired) electrons. The summed E-state index contributed by atoms with van der Waals surface area (Å²) in [5.41, 5.74) is 1.70. The Balaban J connectivity index is 1.87. The molecule has 6 nitrogen and oxygen atoms in total. The first-order valence-corrected chi connectivity index (χ1v) is 10.1. The molecule has 156 valence electrons. The van der Waals surface area contributed by atoms with Crippen molar-refractivity contribution in [3.8, 4) is 5.75 Å². The van der Waals surface area contributed by atoms with Crippen LogP contribution in [0.5, 0.6) is 5.75 Å². The standard InChI is InChI=1S/C25H22N2O4/c1-2-15-31-20-10-6-7-18(16-20)23(28)21-22(17-11-13-26-14-12-17)27(25(30)24(21)29)19-8-4-3-5-9-19/h3-14,16,22,28H,2,15H2,1H3/b23-21-. The summed E-state index contributed by atoms with van der Waals surface area (Å²) in [5.74, 6) is -1.07. The molecule has 1 aliphatic rings. The Kier molecular flexibility index (Phi) is 5.80. The van der Waals surface area contributed by atoms with Gasteiger partial charge in [0.2, 0.25) is 0 Å². The number of Topliss-reactive ketones (excluding diaryl/α,β-unsaturated/α-hetero) is 1. The molecular weight excluding hydrogens is 392 g/mol. The number of carbonyl (C=O) groups excluding carboxylic acids is 2. The molecule has 31 heavy (non-hydrogen) atoms. The first kappa shape index (κ1) is 20.3. The van der Waals surface area contributed by atoms with Crippen LogP contribution >= 0.6 is 0 Å². The van der Waals surface area contributed by atoms with Crippen molar-refractivity contribution < 1.29 is 19.4 Å². The molecule has 1 unspecified atom stereocenters. The molecule has 0 spiro atoms. The van der Waals surface area contributed by atoms with E-state index in [9.17, 15) is 14.7 Å². The Labute approximate surface area is 180 Å². The van der Waals surface area contributed by atoms with Gasteiger partial charge in [0.25, 0.3) is 11.7 Å². The fraction of sp³-hybridized carbons (Fsp3) is 0.160. The third-order valence-electron chi connectivity index (χ3n) is 5.08. The molecule has 1 fully saturated rings. The summed E-state index contributed by atoms with van der Waals surface area (Å²) >= 11 is 0. The van der Waals surface area contributed by atoms with E-state index in [-0.39, 0.29) is 11.3 Å². The SMILES string of the molecule is CCCOc1cccc(/C(O)=C2/C(=O)C(=O)N(c3ccccc3)C2c2ccncc2)c1. The van der Waals surface area contributed by atoms with Crippen LogP contribution in [0.4, 0.5) is 5.69 Å². The number of hydrogen-bond acceptors (Lipinski definition) is 5. The number of anilines is 1. The molecule has 2 aromatic carbocycles. The van der Waals surface area contributed by atoms with Crippen LogP contribution < -0.4 is 9.64 Å². The monoisotopic (exact) mass is 414 g/mol. The molecule has 2 heterocycles. The summed E-state index contributed by atoms with van der Waals surface area (Å²) in [7, 11) is 0. The number of para-hydroxylation sites is 1. The predicted molar refractivity (Wildman–Crippen MR) is 118 cm³/mol. The zero-order valence-corrected chi connectivity index (χ0v) is 17.1. The lowest BCUT2D eigenvalue weighted by Crippen LogP contribution is -2.29. The van der Waals surface area contributed by atoms with Crippen LogP contribution in [0.3, 0.4) is 0 Å². The zero-order valence-electron chi connectivity index (χ0n) is 17.1. The molecule has 1 N–H and O–H groups in total. The van der Waals surface area contributed by atoms with Gasteiger partial charge in [-0.1, -0.05) is 37.3 Å². The van der Waals surface area contributed by atoms with Gasteiger partial charge in [-0.15, -0.1) is 0 Å². The van der Waals surface area contributed by atoms with Crippen molar-refractivity contribution in [1.29, 1.82) is 0 Å². The number of nitrogens with zero attached hydrogens (tertiary/aromatic N) is 2. The Morgan fingerprint density at radius 2 is 1.77 bits per heavy atom. The minimum absolute atomic E-state index is 0.0349. The second-order valence-corrected chi connectivity index (χ2v) is 7.16. The Morgan fingerprint density at radius 3 is 2.48 bits per heavy atom. The van der Waals surface area contributed by atoms with Crippen molar-refractivity contribution in [3.63, 3.8) is 0 Å². The number of aliphatic hydroxyl groups excluding tert-OH is 1. The van der Waals surface area contributed by atoms with E-state index in [1.54, 1.807) is 73.1 Å². The first-order valence-electron chi connectivity index (χ1n) is 10.1. The molecule has 1 saturated heterocycles. The number of carbonyl (C=O) groups is 2. The van der Waals surface area contributed by atoms with Crippen LogP contribution in [-0.2, 0) is 9.59 Å². The van der Waals surface area contributed by atoms with Gasteiger partial charge in [0, 0.05) is 23.6 Å². The van der Waals surface area contributed by atoms with Crippen LogP contribution in [0, 0.1) is 0 Å². The van der Waals surface area contributed by atoms with Crippen LogP contribution in [0.25, 0.3) is 5.76 Å². The summed E-state index contributed by atoms with van der Waals surface area (Å²) in [4.78, 5) is 31.6. The highest BCUT2D eigenvalue weighted by molar-refractivity contribution is 6.51. The summed E-state index contributed by atoms with van der Waals surface area (Å²) in [6, 6.07) is 18.6. The van der Waals surface area contributed by atoms with Gasteiger partial charge in [-0.25, -0.2) is 0 Å². The Hall–Kier alpha value is -3.93. The quantitative estimate of drug-likeness (QED) is 0.365. The molecule has 1 amide bonds. The van der Waals surface area contributed by atoms with Gasteiger partial charge in [-0.2, -0.15) is 0 Å². The molecule has 0 bridgehead atoms. The smallest absolute Gasteiger partial charge is 0.300 e. The van der Waals surface area contributed by atoms with Gasteiger partial charge >= 0.3 is 0 Å². The second kappa shape index (κ2) is 8.83. The number of benzene rings is 2. The third-order valence-corrected chi connectivity index (χ3v) is 5.08. The Bertz CT molecular complexity index is 1130. The molecule has 4 rings (SSSR count). The van der Waals surface area contributed by atoms with E-state index >= 15 is 0 Å². The van der Waals surface area contributed by atoms with Crippen LogP contribution in [-0.4, -0.2) is 28.4 Å². The van der Waals surface area contributed by atoms with Crippen LogP contribution in [0.2, 0.25) is 0 Å². The number of aromatic nitrogens is 1. The number of rotatable bonds is 6. The summed E-state index contributed by atoms with van der Waals surface area (Å²) < 4.78 is 5.65. The maximum absolute atomic E-state index is 13.1. The molecule has 1 aliphatic heterocycles. The van der Waals surface area contributed by atoms with Gasteiger partial charge in [-0.05, 0) is 48.4 Å². The third kappa shape index (κ3) is 3.92. The Morgan fingerprint density at radius 1 is 1.03 bits per heavy atom. The number of pyridine rings is 1. The molecule has 1 atom stereocenters. The molecule has 1 aromatic heterocycles. The van der Waals surface area contributed by atoms with Gasteiger partial charge in [0.05, 0.1) is 18.2 Å². The van der Waals surface area contributed by atoms with Crippen molar-refractivity contribution in [2.45, 2.75) is 19.4 Å². The number of hydrogen-bond donors (Lipinski definition) is 1. The van der Waals surface area contributed by atoms with E-state index in [2.05, 4.69) is 4.98 Å². The molecule has 0 aliphatic carbocycles. The molecule has 3 aromatic rings. The fourth-order valence-electron chi connectivity index (χ4n) is 3.66. The van der Waals surface area contributed by atoms with E-state index in [0.29, 0.717) is 29.2 Å². The van der Waals surface area contributed by atoms with E-state index in [0.717, 1.165) is 6.42 Å².